The molecule has 0 atom stereocenters. The van der Waals surface area contributed by atoms with E-state index in [0.717, 1.165) is 19.3 Å². The highest BCUT2D eigenvalue weighted by Gasteiger charge is 2.37. The van der Waals surface area contributed by atoms with E-state index in [1.807, 2.05) is 6.92 Å². The van der Waals surface area contributed by atoms with Crippen LogP contribution in [0.3, 0.4) is 0 Å². The Balaban J connectivity index is 2.34. The molecule has 0 aromatic heterocycles. The summed E-state index contributed by atoms with van der Waals surface area (Å²) < 4.78 is 48.9. The third kappa shape index (κ3) is 3.20. The predicted octanol–water partition coefficient (Wildman–Crippen LogP) is 0.897. The Morgan fingerprint density at radius 1 is 1.10 bits per heavy atom. The summed E-state index contributed by atoms with van der Waals surface area (Å²) in [5.74, 6) is 0. The minimum absolute atomic E-state index is 0.0814. The summed E-state index contributed by atoms with van der Waals surface area (Å²) in [7, 11) is -7.37. The summed E-state index contributed by atoms with van der Waals surface area (Å²) in [6, 6.07) is 5.11. The van der Waals surface area contributed by atoms with Gasteiger partial charge in [-0.1, -0.05) is 6.92 Å². The molecule has 8 heteroatoms. The fourth-order valence-electron chi connectivity index (χ4n) is 2.02. The van der Waals surface area contributed by atoms with E-state index in [4.69, 9.17) is 5.14 Å². The molecule has 1 aliphatic rings. The van der Waals surface area contributed by atoms with Crippen LogP contribution in [-0.4, -0.2) is 33.7 Å². The lowest BCUT2D eigenvalue weighted by molar-refractivity contribution is 0.403. The Morgan fingerprint density at radius 2 is 1.60 bits per heavy atom. The average Bonchev–Trinajstić information content (AvgIpc) is 3.19. The number of hydrogen-bond acceptors (Lipinski definition) is 4. The molecular formula is C12H18N2O4S2. The van der Waals surface area contributed by atoms with Crippen LogP contribution in [0.15, 0.2) is 34.1 Å². The number of sulfonamides is 2. The van der Waals surface area contributed by atoms with Crippen molar-refractivity contribution in [2.45, 2.75) is 42.0 Å². The molecule has 0 amide bonds. The molecule has 1 aromatic rings. The Hall–Kier alpha value is -0.960. The van der Waals surface area contributed by atoms with Crippen molar-refractivity contribution >= 4 is 20.0 Å². The van der Waals surface area contributed by atoms with Crippen molar-refractivity contribution in [1.29, 1.82) is 0 Å². The lowest BCUT2D eigenvalue weighted by atomic mass is 10.4. The van der Waals surface area contributed by atoms with Gasteiger partial charge in [0.05, 0.1) is 9.79 Å². The summed E-state index contributed by atoms with van der Waals surface area (Å²) in [5, 5.41) is 4.99. The standard InChI is InChI=1S/C12H18N2O4S2/c1-2-9-14(10-3-4-10)20(17,18)12-7-5-11(6-8-12)19(13,15)16/h5-8,10H,2-4,9H2,1H3,(H2,13,15,16). The number of benzene rings is 1. The summed E-state index contributed by atoms with van der Waals surface area (Å²) in [5.41, 5.74) is 0. The summed E-state index contributed by atoms with van der Waals surface area (Å²) in [4.78, 5) is 0.00941. The molecule has 20 heavy (non-hydrogen) atoms. The van der Waals surface area contributed by atoms with Crippen molar-refractivity contribution in [2.24, 2.45) is 5.14 Å². The number of primary sulfonamides is 1. The van der Waals surface area contributed by atoms with Gasteiger partial charge in [0.25, 0.3) is 0 Å². The lowest BCUT2D eigenvalue weighted by Gasteiger charge is -2.21. The molecule has 0 radical (unpaired) electrons. The maximum absolute atomic E-state index is 12.5. The Morgan fingerprint density at radius 3 is 2.00 bits per heavy atom. The minimum atomic E-state index is -3.81. The molecule has 2 N–H and O–H groups in total. The number of rotatable bonds is 6. The third-order valence-corrected chi connectivity index (χ3v) is 6.05. The van der Waals surface area contributed by atoms with Gasteiger partial charge in [0.15, 0.2) is 0 Å². The average molecular weight is 318 g/mol. The Bertz CT molecular complexity index is 677. The number of hydrogen-bond donors (Lipinski definition) is 1. The molecule has 0 saturated heterocycles. The van der Waals surface area contributed by atoms with Crippen LogP contribution in [0.2, 0.25) is 0 Å². The highest BCUT2D eigenvalue weighted by Crippen LogP contribution is 2.32. The van der Waals surface area contributed by atoms with Gasteiger partial charge in [0.1, 0.15) is 0 Å². The first-order valence-corrected chi connectivity index (χ1v) is 9.40. The largest absolute Gasteiger partial charge is 0.243 e. The van der Waals surface area contributed by atoms with Gasteiger partial charge in [-0.3, -0.25) is 0 Å². The maximum atomic E-state index is 12.5. The van der Waals surface area contributed by atoms with E-state index in [9.17, 15) is 16.8 Å². The second kappa shape index (κ2) is 5.44. The fourth-order valence-corrected chi connectivity index (χ4v) is 4.31. The fraction of sp³-hybridized carbons (Fsp3) is 0.500. The SMILES string of the molecule is CCCN(C1CC1)S(=O)(=O)c1ccc(S(N)(=O)=O)cc1. The maximum Gasteiger partial charge on any atom is 0.243 e. The van der Waals surface area contributed by atoms with Crippen molar-refractivity contribution in [3.63, 3.8) is 0 Å². The van der Waals surface area contributed by atoms with Crippen LogP contribution in [0, 0.1) is 0 Å². The highest BCUT2D eigenvalue weighted by atomic mass is 32.2. The van der Waals surface area contributed by atoms with Gasteiger partial charge in [-0.2, -0.15) is 4.31 Å². The second-order valence-electron chi connectivity index (χ2n) is 4.86. The van der Waals surface area contributed by atoms with E-state index in [2.05, 4.69) is 0 Å². The Labute approximate surface area is 119 Å². The van der Waals surface area contributed by atoms with Crippen LogP contribution in [0.25, 0.3) is 0 Å². The molecule has 0 unspecified atom stereocenters. The van der Waals surface area contributed by atoms with Crippen LogP contribution < -0.4 is 5.14 Å². The normalized spacial score (nSPS) is 16.6. The van der Waals surface area contributed by atoms with Crippen molar-refractivity contribution in [3.05, 3.63) is 24.3 Å². The summed E-state index contributed by atoms with van der Waals surface area (Å²) >= 11 is 0. The highest BCUT2D eigenvalue weighted by molar-refractivity contribution is 7.89. The van der Waals surface area contributed by atoms with E-state index in [1.54, 1.807) is 0 Å². The van der Waals surface area contributed by atoms with Crippen molar-refractivity contribution in [3.8, 4) is 0 Å². The lowest BCUT2D eigenvalue weighted by Crippen LogP contribution is -2.33. The van der Waals surface area contributed by atoms with Crippen molar-refractivity contribution in [1.82, 2.24) is 4.31 Å². The molecule has 112 valence electrons. The van der Waals surface area contributed by atoms with Crippen LogP contribution in [-0.2, 0) is 20.0 Å². The van der Waals surface area contributed by atoms with E-state index in [-0.39, 0.29) is 15.8 Å². The van der Waals surface area contributed by atoms with Gasteiger partial charge in [-0.05, 0) is 43.5 Å². The van der Waals surface area contributed by atoms with E-state index < -0.39 is 20.0 Å². The first kappa shape index (κ1) is 15.4. The molecular weight excluding hydrogens is 300 g/mol. The zero-order valence-corrected chi connectivity index (χ0v) is 12.8. The van der Waals surface area contributed by atoms with Gasteiger partial charge < -0.3 is 0 Å². The monoisotopic (exact) mass is 318 g/mol. The zero-order chi connectivity index (χ0) is 15.0. The van der Waals surface area contributed by atoms with Crippen LogP contribution in [0.4, 0.5) is 0 Å². The number of nitrogens with two attached hydrogens (primary N) is 1. The molecule has 2 rings (SSSR count). The summed E-state index contributed by atoms with van der Waals surface area (Å²) in [6.07, 6.45) is 2.51. The molecule has 1 aromatic carbocycles. The smallest absolute Gasteiger partial charge is 0.225 e. The second-order valence-corrected chi connectivity index (χ2v) is 8.32. The van der Waals surface area contributed by atoms with E-state index >= 15 is 0 Å². The number of nitrogens with zero attached hydrogens (tertiary/aromatic N) is 1. The van der Waals surface area contributed by atoms with E-state index in [1.165, 1.54) is 28.6 Å². The van der Waals surface area contributed by atoms with Crippen LogP contribution in [0.5, 0.6) is 0 Å². The third-order valence-electron chi connectivity index (χ3n) is 3.16. The van der Waals surface area contributed by atoms with Gasteiger partial charge >= 0.3 is 0 Å². The molecule has 1 saturated carbocycles. The quantitative estimate of drug-likeness (QED) is 0.842. The van der Waals surface area contributed by atoms with Crippen molar-refractivity contribution < 1.29 is 16.8 Å². The predicted molar refractivity (Wildman–Crippen MR) is 75.0 cm³/mol. The summed E-state index contributed by atoms with van der Waals surface area (Å²) in [6.45, 7) is 2.40. The topological polar surface area (TPSA) is 97.5 Å². The first-order valence-electron chi connectivity index (χ1n) is 6.41. The van der Waals surface area contributed by atoms with Gasteiger partial charge in [0, 0.05) is 12.6 Å². The molecule has 0 bridgehead atoms. The zero-order valence-electron chi connectivity index (χ0n) is 11.2. The van der Waals surface area contributed by atoms with Crippen LogP contribution in [0.1, 0.15) is 26.2 Å². The molecule has 0 spiro atoms. The van der Waals surface area contributed by atoms with E-state index in [0.29, 0.717) is 6.54 Å². The molecule has 0 aliphatic heterocycles. The molecule has 1 aliphatic carbocycles. The van der Waals surface area contributed by atoms with Crippen LogP contribution >= 0.6 is 0 Å². The van der Waals surface area contributed by atoms with Gasteiger partial charge in [0.2, 0.25) is 20.0 Å². The van der Waals surface area contributed by atoms with Gasteiger partial charge in [-0.25, -0.2) is 22.0 Å². The molecule has 6 nitrogen and oxygen atoms in total. The molecule has 1 fully saturated rings. The van der Waals surface area contributed by atoms with Crippen molar-refractivity contribution in [2.75, 3.05) is 6.54 Å². The Kier molecular flexibility index (Phi) is 4.19. The first-order chi connectivity index (χ1) is 9.26. The minimum Gasteiger partial charge on any atom is -0.225 e. The van der Waals surface area contributed by atoms with Gasteiger partial charge in [-0.15, -0.1) is 0 Å². The molecule has 0 heterocycles.